The van der Waals surface area contributed by atoms with Crippen molar-refractivity contribution in [3.8, 4) is 11.4 Å². The number of fused-ring (bicyclic) bond motifs is 1. The zero-order valence-corrected chi connectivity index (χ0v) is 11.9. The van der Waals surface area contributed by atoms with Crippen molar-refractivity contribution in [2.24, 2.45) is 0 Å². The van der Waals surface area contributed by atoms with Crippen molar-refractivity contribution in [1.82, 2.24) is 29.8 Å². The zero-order chi connectivity index (χ0) is 14.8. The van der Waals surface area contributed by atoms with Gasteiger partial charge >= 0.3 is 0 Å². The predicted molar refractivity (Wildman–Crippen MR) is 77.4 cm³/mol. The molecular weight excluding hydrogens is 280 g/mol. The first-order valence-electron chi connectivity index (χ1n) is 7.08. The van der Waals surface area contributed by atoms with Gasteiger partial charge in [-0.1, -0.05) is 0 Å². The van der Waals surface area contributed by atoms with Crippen LogP contribution in [0.3, 0.4) is 0 Å². The molecule has 22 heavy (non-hydrogen) atoms. The average Bonchev–Trinajstić information content (AvgIpc) is 3.08. The number of aromatic nitrogens is 5. The van der Waals surface area contributed by atoms with Crippen LogP contribution in [0.2, 0.25) is 0 Å². The highest BCUT2D eigenvalue weighted by Crippen LogP contribution is 2.21. The monoisotopic (exact) mass is 294 g/mol. The van der Waals surface area contributed by atoms with Gasteiger partial charge in [0.2, 0.25) is 0 Å². The van der Waals surface area contributed by atoms with Gasteiger partial charge in [0.1, 0.15) is 12.1 Å². The van der Waals surface area contributed by atoms with Gasteiger partial charge in [-0.3, -0.25) is 4.90 Å². The highest BCUT2D eigenvalue weighted by atomic mass is 16.3. The first-order chi connectivity index (χ1) is 10.9. The lowest BCUT2D eigenvalue weighted by atomic mass is 10.1. The quantitative estimate of drug-likeness (QED) is 0.723. The molecule has 0 aromatic carbocycles. The molecule has 0 atom stereocenters. The van der Waals surface area contributed by atoms with E-state index in [1.807, 2.05) is 6.20 Å². The van der Waals surface area contributed by atoms with Gasteiger partial charge in [0.25, 0.3) is 0 Å². The van der Waals surface area contributed by atoms with Gasteiger partial charge in [-0.25, -0.2) is 24.9 Å². The molecule has 0 N–H and O–H groups in total. The molecule has 0 bridgehead atoms. The Labute approximate surface area is 127 Å². The van der Waals surface area contributed by atoms with Gasteiger partial charge in [-0.15, -0.1) is 0 Å². The van der Waals surface area contributed by atoms with Crippen LogP contribution in [0.1, 0.15) is 17.0 Å². The van der Waals surface area contributed by atoms with Gasteiger partial charge in [-0.05, 0) is 0 Å². The van der Waals surface area contributed by atoms with Crippen LogP contribution in [0.15, 0.2) is 41.9 Å². The van der Waals surface area contributed by atoms with Crippen molar-refractivity contribution in [2.45, 2.75) is 19.5 Å². The highest BCUT2D eigenvalue weighted by molar-refractivity contribution is 5.52. The Balaban J connectivity index is 1.54. The summed E-state index contributed by atoms with van der Waals surface area (Å²) >= 11 is 0. The Kier molecular flexibility index (Phi) is 3.32. The largest absolute Gasteiger partial charge is 0.447 e. The van der Waals surface area contributed by atoms with E-state index in [9.17, 15) is 0 Å². The second kappa shape index (κ2) is 5.61. The van der Waals surface area contributed by atoms with Crippen molar-refractivity contribution < 1.29 is 4.42 Å². The summed E-state index contributed by atoms with van der Waals surface area (Å²) in [6.07, 6.45) is 11.0. The predicted octanol–water partition coefficient (Wildman–Crippen LogP) is 1.48. The number of oxazole rings is 1. The molecule has 0 amide bonds. The van der Waals surface area contributed by atoms with Crippen LogP contribution >= 0.6 is 0 Å². The molecule has 1 aliphatic heterocycles. The normalized spacial score (nSPS) is 14.7. The average molecular weight is 294 g/mol. The van der Waals surface area contributed by atoms with E-state index >= 15 is 0 Å². The Morgan fingerprint density at radius 3 is 2.82 bits per heavy atom. The van der Waals surface area contributed by atoms with Crippen LogP contribution in [0, 0.1) is 0 Å². The van der Waals surface area contributed by atoms with Crippen LogP contribution in [0.25, 0.3) is 11.4 Å². The molecule has 4 rings (SSSR count). The number of rotatable bonds is 3. The molecular formula is C15H14N6O. The lowest BCUT2D eigenvalue weighted by Crippen LogP contribution is -2.30. The molecule has 0 fully saturated rings. The highest BCUT2D eigenvalue weighted by Gasteiger charge is 2.19. The summed E-state index contributed by atoms with van der Waals surface area (Å²) in [7, 11) is 0. The van der Waals surface area contributed by atoms with Crippen LogP contribution in [0.4, 0.5) is 0 Å². The van der Waals surface area contributed by atoms with E-state index in [1.54, 1.807) is 18.6 Å². The number of hydrogen-bond acceptors (Lipinski definition) is 7. The van der Waals surface area contributed by atoms with E-state index in [2.05, 4.69) is 29.8 Å². The van der Waals surface area contributed by atoms with Crippen LogP contribution in [-0.2, 0) is 19.5 Å². The van der Waals surface area contributed by atoms with E-state index < -0.39 is 0 Å². The molecule has 1 aliphatic rings. The van der Waals surface area contributed by atoms with Crippen LogP contribution < -0.4 is 0 Å². The molecule has 3 aromatic heterocycles. The third kappa shape index (κ3) is 2.58. The minimum atomic E-state index is 0.683. The lowest BCUT2D eigenvalue weighted by Gasteiger charge is -2.27. The Morgan fingerprint density at radius 2 is 2.00 bits per heavy atom. The molecule has 0 spiro atoms. The molecule has 7 nitrogen and oxygen atoms in total. The van der Waals surface area contributed by atoms with E-state index in [0.717, 1.165) is 48.6 Å². The van der Waals surface area contributed by atoms with E-state index in [0.29, 0.717) is 5.82 Å². The fraction of sp³-hybridized carbons (Fsp3) is 0.267. The van der Waals surface area contributed by atoms with Crippen LogP contribution in [-0.4, -0.2) is 36.4 Å². The molecule has 7 heteroatoms. The molecule has 0 radical (unpaired) electrons. The van der Waals surface area contributed by atoms with Crippen molar-refractivity contribution in [3.05, 3.63) is 54.5 Å². The summed E-state index contributed by atoms with van der Waals surface area (Å²) in [5.41, 5.74) is 3.10. The van der Waals surface area contributed by atoms with E-state index in [-0.39, 0.29) is 0 Å². The van der Waals surface area contributed by atoms with Gasteiger partial charge < -0.3 is 4.42 Å². The molecule has 110 valence electrons. The Hall–Kier alpha value is -2.67. The van der Waals surface area contributed by atoms with Gasteiger partial charge in [0, 0.05) is 43.7 Å². The van der Waals surface area contributed by atoms with Gasteiger partial charge in [0.15, 0.2) is 12.2 Å². The summed E-state index contributed by atoms with van der Waals surface area (Å²) in [4.78, 5) is 23.4. The van der Waals surface area contributed by atoms with E-state index in [1.165, 1.54) is 12.7 Å². The molecule has 0 saturated carbocycles. The lowest BCUT2D eigenvalue weighted by molar-refractivity contribution is 0.223. The molecule has 3 aromatic rings. The third-order valence-corrected chi connectivity index (χ3v) is 3.69. The maximum atomic E-state index is 5.30. The maximum Gasteiger partial charge on any atom is 0.180 e. The standard InChI is InChI=1S/C15H14N6O/c1-2-21(8-13-6-18-10-22-13)7-12-5-19-15(20-14(1)12)11-3-16-9-17-4-11/h3-6,9-10H,1-2,7-8H2. The van der Waals surface area contributed by atoms with E-state index in [4.69, 9.17) is 4.42 Å². The summed E-state index contributed by atoms with van der Waals surface area (Å²) in [6.45, 7) is 2.52. The number of nitrogens with zero attached hydrogens (tertiary/aromatic N) is 6. The molecule has 4 heterocycles. The fourth-order valence-corrected chi connectivity index (χ4v) is 2.60. The molecule has 0 aliphatic carbocycles. The summed E-state index contributed by atoms with van der Waals surface area (Å²) in [5.74, 6) is 1.56. The summed E-state index contributed by atoms with van der Waals surface area (Å²) in [5, 5.41) is 0. The molecule has 0 unspecified atom stereocenters. The Bertz CT molecular complexity index is 759. The zero-order valence-electron chi connectivity index (χ0n) is 11.9. The first kappa shape index (κ1) is 13.0. The maximum absolute atomic E-state index is 5.30. The summed E-state index contributed by atoms with van der Waals surface area (Å²) in [6, 6.07) is 0. The second-order valence-corrected chi connectivity index (χ2v) is 5.22. The number of hydrogen-bond donors (Lipinski definition) is 0. The van der Waals surface area contributed by atoms with Crippen molar-refractivity contribution >= 4 is 0 Å². The van der Waals surface area contributed by atoms with Gasteiger partial charge in [-0.2, -0.15) is 0 Å². The SMILES string of the molecule is c1ncc(-c2ncc3c(n2)CCN(Cc2cnco2)C3)cn1. The summed E-state index contributed by atoms with van der Waals surface area (Å²) < 4.78 is 5.30. The van der Waals surface area contributed by atoms with Crippen LogP contribution in [0.5, 0.6) is 0 Å². The Morgan fingerprint density at radius 1 is 1.09 bits per heavy atom. The van der Waals surface area contributed by atoms with Crippen molar-refractivity contribution in [1.29, 1.82) is 0 Å². The van der Waals surface area contributed by atoms with Crippen molar-refractivity contribution in [3.63, 3.8) is 0 Å². The fourth-order valence-electron chi connectivity index (χ4n) is 2.60. The topological polar surface area (TPSA) is 80.8 Å². The first-order valence-corrected chi connectivity index (χ1v) is 7.08. The molecule has 0 saturated heterocycles. The van der Waals surface area contributed by atoms with Gasteiger partial charge in [0.05, 0.1) is 24.0 Å². The second-order valence-electron chi connectivity index (χ2n) is 5.22. The minimum absolute atomic E-state index is 0.683. The third-order valence-electron chi connectivity index (χ3n) is 3.69. The van der Waals surface area contributed by atoms with Crippen molar-refractivity contribution in [2.75, 3.05) is 6.54 Å². The smallest absolute Gasteiger partial charge is 0.180 e. The minimum Gasteiger partial charge on any atom is -0.447 e.